The lowest BCUT2D eigenvalue weighted by atomic mass is 9.97. The van der Waals surface area contributed by atoms with E-state index in [0.29, 0.717) is 0 Å². The first-order valence-electron chi connectivity index (χ1n) is 5.09. The third kappa shape index (κ3) is 2.53. The van der Waals surface area contributed by atoms with E-state index < -0.39 is 21.6 Å². The molecule has 1 unspecified atom stereocenters. The van der Waals surface area contributed by atoms with Gasteiger partial charge in [-0.05, 0) is 24.6 Å². The average molecular weight is 273 g/mol. The molecule has 0 saturated heterocycles. The SMILES string of the molecule is CN(C)S(=O)(=O)c1ccc(C(C)(O)C(=O)O)cc1. The van der Waals surface area contributed by atoms with Gasteiger partial charge in [-0.1, -0.05) is 12.1 Å². The Morgan fingerprint density at radius 2 is 1.67 bits per heavy atom. The van der Waals surface area contributed by atoms with Gasteiger partial charge in [-0.15, -0.1) is 0 Å². The molecule has 2 N–H and O–H groups in total. The lowest BCUT2D eigenvalue weighted by molar-refractivity contribution is -0.157. The number of aliphatic hydroxyl groups is 1. The molecule has 0 amide bonds. The minimum absolute atomic E-state index is 0.0393. The van der Waals surface area contributed by atoms with Crippen LogP contribution in [0.25, 0.3) is 0 Å². The summed E-state index contributed by atoms with van der Waals surface area (Å²) in [5.74, 6) is -1.40. The number of hydrogen-bond acceptors (Lipinski definition) is 4. The molecule has 0 heterocycles. The van der Waals surface area contributed by atoms with Crippen molar-refractivity contribution in [3.63, 3.8) is 0 Å². The number of carbonyl (C=O) groups is 1. The minimum atomic E-state index is -3.56. The summed E-state index contributed by atoms with van der Waals surface area (Å²) < 4.78 is 24.6. The number of hydrogen-bond donors (Lipinski definition) is 2. The molecule has 100 valence electrons. The number of carboxylic acids is 1. The molecule has 0 bridgehead atoms. The van der Waals surface area contributed by atoms with Crippen molar-refractivity contribution in [2.45, 2.75) is 17.4 Å². The van der Waals surface area contributed by atoms with Gasteiger partial charge in [0.1, 0.15) is 0 Å². The highest BCUT2D eigenvalue weighted by atomic mass is 32.2. The van der Waals surface area contributed by atoms with Crippen molar-refractivity contribution in [3.8, 4) is 0 Å². The highest BCUT2D eigenvalue weighted by Gasteiger charge is 2.32. The van der Waals surface area contributed by atoms with Crippen molar-refractivity contribution in [2.24, 2.45) is 0 Å². The first-order valence-corrected chi connectivity index (χ1v) is 6.53. The van der Waals surface area contributed by atoms with Crippen LogP contribution in [0.5, 0.6) is 0 Å². The van der Waals surface area contributed by atoms with E-state index >= 15 is 0 Å². The van der Waals surface area contributed by atoms with Crippen molar-refractivity contribution in [1.29, 1.82) is 0 Å². The van der Waals surface area contributed by atoms with Crippen LogP contribution in [-0.2, 0) is 20.4 Å². The van der Waals surface area contributed by atoms with Crippen LogP contribution < -0.4 is 0 Å². The fraction of sp³-hybridized carbons (Fsp3) is 0.364. The summed E-state index contributed by atoms with van der Waals surface area (Å²) in [5.41, 5.74) is -1.92. The second-order valence-electron chi connectivity index (χ2n) is 4.19. The van der Waals surface area contributed by atoms with E-state index in [2.05, 4.69) is 0 Å². The van der Waals surface area contributed by atoms with Gasteiger partial charge in [0.2, 0.25) is 10.0 Å². The van der Waals surface area contributed by atoms with Gasteiger partial charge in [0, 0.05) is 14.1 Å². The Morgan fingerprint density at radius 1 is 1.22 bits per heavy atom. The summed E-state index contributed by atoms with van der Waals surface area (Å²) >= 11 is 0. The van der Waals surface area contributed by atoms with Crippen LogP contribution >= 0.6 is 0 Å². The molecule has 0 aliphatic rings. The number of carboxylic acid groups (broad SMARTS) is 1. The lowest BCUT2D eigenvalue weighted by Gasteiger charge is -2.19. The second kappa shape index (κ2) is 4.68. The zero-order valence-corrected chi connectivity index (χ0v) is 11.1. The zero-order valence-electron chi connectivity index (χ0n) is 10.3. The maximum Gasteiger partial charge on any atom is 0.340 e. The van der Waals surface area contributed by atoms with E-state index in [1.807, 2.05) is 0 Å². The quantitative estimate of drug-likeness (QED) is 0.818. The summed E-state index contributed by atoms with van der Waals surface area (Å²) in [6.45, 7) is 1.13. The van der Waals surface area contributed by atoms with Crippen molar-refractivity contribution in [3.05, 3.63) is 29.8 Å². The summed E-state index contributed by atoms with van der Waals surface area (Å²) in [6, 6.07) is 5.10. The predicted octanol–water partition coefficient (Wildman–Crippen LogP) is 0.229. The molecule has 18 heavy (non-hydrogen) atoms. The molecule has 0 spiro atoms. The van der Waals surface area contributed by atoms with Crippen LogP contribution in [0.4, 0.5) is 0 Å². The standard InChI is InChI=1S/C11H15NO5S/c1-11(15,10(13)14)8-4-6-9(7-5-8)18(16,17)12(2)3/h4-7,15H,1-3H3,(H,13,14). The van der Waals surface area contributed by atoms with Crippen LogP contribution in [0.2, 0.25) is 0 Å². The summed E-state index contributed by atoms with van der Waals surface area (Å²) in [6.07, 6.45) is 0. The third-order valence-corrected chi connectivity index (χ3v) is 4.44. The molecule has 0 fully saturated rings. The van der Waals surface area contributed by atoms with Crippen molar-refractivity contribution in [1.82, 2.24) is 4.31 Å². The van der Waals surface area contributed by atoms with E-state index in [1.54, 1.807) is 0 Å². The van der Waals surface area contributed by atoms with E-state index in [0.717, 1.165) is 11.2 Å². The topological polar surface area (TPSA) is 94.9 Å². The highest BCUT2D eigenvalue weighted by molar-refractivity contribution is 7.89. The van der Waals surface area contributed by atoms with Crippen LogP contribution in [0.1, 0.15) is 12.5 Å². The maximum atomic E-state index is 11.8. The monoisotopic (exact) mass is 273 g/mol. The first-order chi connectivity index (χ1) is 8.10. The second-order valence-corrected chi connectivity index (χ2v) is 6.34. The zero-order chi connectivity index (χ0) is 14.1. The summed E-state index contributed by atoms with van der Waals surface area (Å²) in [5, 5.41) is 18.5. The Kier molecular flexibility index (Phi) is 3.80. The predicted molar refractivity (Wildman–Crippen MR) is 64.5 cm³/mol. The fourth-order valence-corrected chi connectivity index (χ4v) is 2.19. The van der Waals surface area contributed by atoms with Gasteiger partial charge < -0.3 is 10.2 Å². The molecule has 0 aromatic heterocycles. The van der Waals surface area contributed by atoms with E-state index in [4.69, 9.17) is 5.11 Å². The first kappa shape index (κ1) is 14.6. The molecule has 0 aliphatic heterocycles. The van der Waals surface area contributed by atoms with Gasteiger partial charge in [-0.2, -0.15) is 0 Å². The Hall–Kier alpha value is -1.44. The largest absolute Gasteiger partial charge is 0.479 e. The molecule has 1 rings (SSSR count). The highest BCUT2D eigenvalue weighted by Crippen LogP contribution is 2.23. The molecule has 0 aliphatic carbocycles. The maximum absolute atomic E-state index is 11.8. The summed E-state index contributed by atoms with van der Waals surface area (Å²) in [4.78, 5) is 10.9. The molecule has 0 saturated carbocycles. The van der Waals surface area contributed by atoms with Crippen molar-refractivity contribution in [2.75, 3.05) is 14.1 Å². The Bertz CT molecular complexity index is 545. The molecule has 1 atom stereocenters. The number of benzene rings is 1. The van der Waals surface area contributed by atoms with Crippen LogP contribution in [0.3, 0.4) is 0 Å². The molecule has 7 heteroatoms. The molecule has 6 nitrogen and oxygen atoms in total. The average Bonchev–Trinajstić information content (AvgIpc) is 2.28. The molecular weight excluding hydrogens is 258 g/mol. The fourth-order valence-electron chi connectivity index (χ4n) is 1.29. The molecule has 1 aromatic rings. The Morgan fingerprint density at radius 3 is 2.00 bits per heavy atom. The van der Waals surface area contributed by atoms with E-state index in [1.165, 1.54) is 38.4 Å². The van der Waals surface area contributed by atoms with E-state index in [9.17, 15) is 18.3 Å². The van der Waals surface area contributed by atoms with Gasteiger partial charge in [-0.3, -0.25) is 0 Å². The number of rotatable bonds is 4. The van der Waals surface area contributed by atoms with Crippen LogP contribution in [0, 0.1) is 0 Å². The normalized spacial score (nSPS) is 15.4. The smallest absolute Gasteiger partial charge is 0.340 e. The number of aliphatic carboxylic acids is 1. The number of sulfonamides is 1. The number of nitrogens with zero attached hydrogens (tertiary/aromatic N) is 1. The van der Waals surface area contributed by atoms with Crippen molar-refractivity contribution >= 4 is 16.0 Å². The van der Waals surface area contributed by atoms with Gasteiger partial charge in [0.05, 0.1) is 4.90 Å². The van der Waals surface area contributed by atoms with Crippen molar-refractivity contribution < 1.29 is 23.4 Å². The third-order valence-electron chi connectivity index (χ3n) is 2.61. The van der Waals surface area contributed by atoms with Gasteiger partial charge in [0.25, 0.3) is 0 Å². The van der Waals surface area contributed by atoms with Crippen LogP contribution in [-0.4, -0.2) is 43.0 Å². The van der Waals surface area contributed by atoms with Gasteiger partial charge >= 0.3 is 5.97 Å². The van der Waals surface area contributed by atoms with Crippen LogP contribution in [0.15, 0.2) is 29.2 Å². The lowest BCUT2D eigenvalue weighted by Crippen LogP contribution is -2.31. The molecule has 1 aromatic carbocycles. The van der Waals surface area contributed by atoms with E-state index in [-0.39, 0.29) is 10.5 Å². The van der Waals surface area contributed by atoms with Gasteiger partial charge in [-0.25, -0.2) is 17.5 Å². The molecular formula is C11H15NO5S. The summed E-state index contributed by atoms with van der Waals surface area (Å²) in [7, 11) is -0.756. The molecule has 0 radical (unpaired) electrons. The minimum Gasteiger partial charge on any atom is -0.479 e. The Labute approximate surface area is 106 Å². The van der Waals surface area contributed by atoms with Gasteiger partial charge in [0.15, 0.2) is 5.60 Å². The Balaban J connectivity index is 3.20.